The van der Waals surface area contributed by atoms with Gasteiger partial charge < -0.3 is 9.84 Å². The second-order valence-corrected chi connectivity index (χ2v) is 5.23. The van der Waals surface area contributed by atoms with Gasteiger partial charge in [-0.05, 0) is 48.9 Å². The first kappa shape index (κ1) is 13.2. The number of ether oxygens (including phenoxy) is 1. The van der Waals surface area contributed by atoms with Crippen LogP contribution in [0.3, 0.4) is 0 Å². The van der Waals surface area contributed by atoms with E-state index >= 15 is 0 Å². The molecule has 1 fully saturated rings. The average molecular weight is 269 g/mol. The van der Waals surface area contributed by atoms with Crippen LogP contribution in [0.4, 0.5) is 0 Å². The van der Waals surface area contributed by atoms with E-state index in [2.05, 4.69) is 0 Å². The lowest BCUT2D eigenvalue weighted by atomic mass is 9.86. The van der Waals surface area contributed by atoms with Crippen molar-refractivity contribution in [3.05, 3.63) is 28.8 Å². The Morgan fingerprint density at radius 3 is 2.78 bits per heavy atom. The highest BCUT2D eigenvalue weighted by molar-refractivity contribution is 6.30. The van der Waals surface area contributed by atoms with E-state index in [0.717, 1.165) is 17.9 Å². The van der Waals surface area contributed by atoms with Gasteiger partial charge in [-0.15, -0.1) is 0 Å². The van der Waals surface area contributed by atoms with Gasteiger partial charge >= 0.3 is 5.97 Å². The van der Waals surface area contributed by atoms with Crippen LogP contribution in [0.5, 0.6) is 5.75 Å². The summed E-state index contributed by atoms with van der Waals surface area (Å²) < 4.78 is 5.71. The van der Waals surface area contributed by atoms with E-state index in [1.54, 1.807) is 12.1 Å². The lowest BCUT2D eigenvalue weighted by Crippen LogP contribution is -2.19. The number of rotatable bonds is 6. The zero-order valence-corrected chi connectivity index (χ0v) is 10.9. The van der Waals surface area contributed by atoms with Gasteiger partial charge in [-0.1, -0.05) is 18.0 Å². The van der Waals surface area contributed by atoms with Crippen LogP contribution in [0, 0.1) is 5.92 Å². The zero-order chi connectivity index (χ0) is 13.0. The zero-order valence-electron chi connectivity index (χ0n) is 10.2. The number of benzene rings is 1. The predicted octanol–water partition coefficient (Wildman–Crippen LogP) is 3.54. The van der Waals surface area contributed by atoms with Crippen LogP contribution in [-0.2, 0) is 11.2 Å². The fourth-order valence-corrected chi connectivity index (χ4v) is 2.22. The van der Waals surface area contributed by atoms with Crippen LogP contribution in [0.15, 0.2) is 18.2 Å². The van der Waals surface area contributed by atoms with Crippen molar-refractivity contribution in [2.24, 2.45) is 5.92 Å². The van der Waals surface area contributed by atoms with Gasteiger partial charge in [-0.2, -0.15) is 0 Å². The van der Waals surface area contributed by atoms with Crippen molar-refractivity contribution in [1.82, 2.24) is 0 Å². The molecule has 1 aromatic rings. The summed E-state index contributed by atoms with van der Waals surface area (Å²) in [5, 5.41) is 9.26. The molecule has 0 unspecified atom stereocenters. The Balaban J connectivity index is 1.93. The maximum atomic E-state index is 10.5. The molecule has 0 bridgehead atoms. The molecule has 3 nitrogen and oxygen atoms in total. The maximum absolute atomic E-state index is 10.5. The van der Waals surface area contributed by atoms with Crippen molar-refractivity contribution in [3.63, 3.8) is 0 Å². The molecule has 98 valence electrons. The molecule has 2 rings (SSSR count). The Labute approximate surface area is 112 Å². The van der Waals surface area contributed by atoms with E-state index in [1.807, 2.05) is 6.07 Å². The first-order chi connectivity index (χ1) is 8.63. The topological polar surface area (TPSA) is 46.5 Å². The molecule has 0 radical (unpaired) electrons. The predicted molar refractivity (Wildman–Crippen MR) is 70.2 cm³/mol. The minimum atomic E-state index is -0.799. The number of aryl methyl sites for hydroxylation is 1. The highest BCUT2D eigenvalue weighted by Gasteiger charge is 2.18. The second kappa shape index (κ2) is 6.10. The number of halogens is 1. The van der Waals surface area contributed by atoms with Gasteiger partial charge in [0.15, 0.2) is 0 Å². The fraction of sp³-hybridized carbons (Fsp3) is 0.500. The van der Waals surface area contributed by atoms with Crippen LogP contribution in [0.25, 0.3) is 0 Å². The summed E-state index contributed by atoms with van der Waals surface area (Å²) in [7, 11) is 0. The first-order valence-corrected chi connectivity index (χ1v) is 6.65. The Morgan fingerprint density at radius 1 is 1.39 bits per heavy atom. The Bertz CT molecular complexity index is 427. The average Bonchev–Trinajstić information content (AvgIpc) is 2.23. The Kier molecular flexibility index (Phi) is 4.48. The highest BCUT2D eigenvalue weighted by Crippen LogP contribution is 2.28. The second-order valence-electron chi connectivity index (χ2n) is 4.80. The van der Waals surface area contributed by atoms with Crippen LogP contribution >= 0.6 is 11.6 Å². The highest BCUT2D eigenvalue weighted by atomic mass is 35.5. The van der Waals surface area contributed by atoms with Gasteiger partial charge in [0.25, 0.3) is 0 Å². The number of hydrogen-bond donors (Lipinski definition) is 1. The summed E-state index contributed by atoms with van der Waals surface area (Å²) in [6.07, 6.45) is 4.38. The number of carbonyl (C=O) groups is 1. The van der Waals surface area contributed by atoms with Gasteiger partial charge in [0.05, 0.1) is 6.61 Å². The molecule has 4 heteroatoms. The Hall–Kier alpha value is -1.22. The molecule has 1 N–H and O–H groups in total. The normalized spacial score (nSPS) is 15.2. The van der Waals surface area contributed by atoms with E-state index in [-0.39, 0.29) is 6.42 Å². The molecule has 0 amide bonds. The van der Waals surface area contributed by atoms with E-state index < -0.39 is 5.97 Å². The molecule has 1 aliphatic carbocycles. The SMILES string of the molecule is O=C(O)CCc1cc(Cl)cc(OCC2CCC2)c1. The maximum Gasteiger partial charge on any atom is 0.303 e. The molecule has 0 heterocycles. The van der Waals surface area contributed by atoms with Crippen LogP contribution < -0.4 is 4.74 Å². The van der Waals surface area contributed by atoms with Gasteiger partial charge in [-0.25, -0.2) is 0 Å². The van der Waals surface area contributed by atoms with E-state index in [9.17, 15) is 4.79 Å². The van der Waals surface area contributed by atoms with E-state index in [1.165, 1.54) is 19.3 Å². The van der Waals surface area contributed by atoms with Crippen molar-refractivity contribution in [1.29, 1.82) is 0 Å². The monoisotopic (exact) mass is 268 g/mol. The Morgan fingerprint density at radius 2 is 2.17 bits per heavy atom. The van der Waals surface area contributed by atoms with Gasteiger partial charge in [0.1, 0.15) is 5.75 Å². The molecule has 0 aromatic heterocycles. The third-order valence-corrected chi connectivity index (χ3v) is 3.49. The standard InChI is InChI=1S/C14H17ClO3/c15-12-6-11(4-5-14(16)17)7-13(8-12)18-9-10-2-1-3-10/h6-8,10H,1-5,9H2,(H,16,17). The molecule has 0 atom stereocenters. The molecule has 18 heavy (non-hydrogen) atoms. The first-order valence-electron chi connectivity index (χ1n) is 6.27. The van der Waals surface area contributed by atoms with Crippen molar-refractivity contribution < 1.29 is 14.6 Å². The smallest absolute Gasteiger partial charge is 0.303 e. The number of carboxylic acid groups (broad SMARTS) is 1. The van der Waals surface area contributed by atoms with Crippen LogP contribution in [0.1, 0.15) is 31.2 Å². The minimum absolute atomic E-state index is 0.113. The molecule has 1 aromatic carbocycles. The minimum Gasteiger partial charge on any atom is -0.493 e. The molecular weight excluding hydrogens is 252 g/mol. The summed E-state index contributed by atoms with van der Waals surface area (Å²) in [4.78, 5) is 10.5. The lowest BCUT2D eigenvalue weighted by molar-refractivity contribution is -0.136. The molecule has 0 spiro atoms. The third-order valence-electron chi connectivity index (χ3n) is 3.27. The van der Waals surface area contributed by atoms with E-state index in [4.69, 9.17) is 21.4 Å². The number of aliphatic carboxylic acids is 1. The van der Waals surface area contributed by atoms with Crippen molar-refractivity contribution in [3.8, 4) is 5.75 Å². The molecular formula is C14H17ClO3. The fourth-order valence-electron chi connectivity index (χ4n) is 1.97. The summed E-state index contributed by atoms with van der Waals surface area (Å²) in [5.41, 5.74) is 0.911. The summed E-state index contributed by atoms with van der Waals surface area (Å²) >= 11 is 6.00. The third kappa shape index (κ3) is 3.91. The van der Waals surface area contributed by atoms with Crippen molar-refractivity contribution >= 4 is 17.6 Å². The summed E-state index contributed by atoms with van der Waals surface area (Å²) in [5.74, 6) is 0.619. The number of carboxylic acids is 1. The molecule has 1 aliphatic rings. The van der Waals surface area contributed by atoms with Crippen molar-refractivity contribution in [2.75, 3.05) is 6.61 Å². The number of hydrogen-bond acceptors (Lipinski definition) is 2. The van der Waals surface area contributed by atoms with Crippen molar-refractivity contribution in [2.45, 2.75) is 32.1 Å². The quantitative estimate of drug-likeness (QED) is 0.858. The van der Waals surface area contributed by atoms with Gasteiger partial charge in [0.2, 0.25) is 0 Å². The van der Waals surface area contributed by atoms with E-state index in [0.29, 0.717) is 17.4 Å². The van der Waals surface area contributed by atoms with Crippen LogP contribution in [-0.4, -0.2) is 17.7 Å². The summed E-state index contributed by atoms with van der Waals surface area (Å²) in [6.45, 7) is 0.735. The van der Waals surface area contributed by atoms with Crippen LogP contribution in [0.2, 0.25) is 5.02 Å². The lowest BCUT2D eigenvalue weighted by Gasteiger charge is -2.25. The molecule has 0 saturated heterocycles. The van der Waals surface area contributed by atoms with Gasteiger partial charge in [0, 0.05) is 11.4 Å². The summed E-state index contributed by atoms with van der Waals surface area (Å²) in [6, 6.07) is 5.46. The van der Waals surface area contributed by atoms with Gasteiger partial charge in [-0.3, -0.25) is 4.79 Å². The molecule has 1 saturated carbocycles. The molecule has 0 aliphatic heterocycles. The largest absolute Gasteiger partial charge is 0.493 e.